The number of amides is 1. The summed E-state index contributed by atoms with van der Waals surface area (Å²) in [6, 6.07) is 11.8. The van der Waals surface area contributed by atoms with Gasteiger partial charge in [-0.2, -0.15) is 5.10 Å². The van der Waals surface area contributed by atoms with Crippen LogP contribution in [-0.2, 0) is 18.3 Å². The van der Waals surface area contributed by atoms with Gasteiger partial charge in [-0.3, -0.25) is 14.3 Å². The van der Waals surface area contributed by atoms with Crippen molar-refractivity contribution >= 4 is 22.3 Å². The first-order valence-electron chi connectivity index (χ1n) is 9.71. The molecule has 2 bridgehead atoms. The number of aromatic nitrogens is 3. The Kier molecular flexibility index (Phi) is 3.93. The maximum Gasteiger partial charge on any atom is 0.256 e. The molecule has 0 saturated carbocycles. The fraction of sp³-hybridized carbons (Fsp3) is 0.318. The molecule has 2 atom stereocenters. The summed E-state index contributed by atoms with van der Waals surface area (Å²) in [6.07, 6.45) is 7.12. The van der Waals surface area contributed by atoms with Crippen LogP contribution >= 0.6 is 0 Å². The van der Waals surface area contributed by atoms with Gasteiger partial charge in [-0.05, 0) is 48.4 Å². The number of fused-ring (bicyclic) bond motifs is 3. The Balaban J connectivity index is 1.40. The van der Waals surface area contributed by atoms with Gasteiger partial charge in [0.25, 0.3) is 5.56 Å². The summed E-state index contributed by atoms with van der Waals surface area (Å²) in [5.41, 5.74) is 2.94. The van der Waals surface area contributed by atoms with Crippen molar-refractivity contribution < 1.29 is 4.79 Å². The number of nitrogens with one attached hydrogen (secondary N) is 1. The third-order valence-electron chi connectivity index (χ3n) is 5.98. The molecule has 2 unspecified atom stereocenters. The average Bonchev–Trinajstić information content (AvgIpc) is 3.22. The number of hydrogen-bond acceptors (Lipinski definition) is 3. The molecule has 4 heterocycles. The lowest BCUT2D eigenvalue weighted by Crippen LogP contribution is -2.44. The highest BCUT2D eigenvalue weighted by molar-refractivity contribution is 5.85. The van der Waals surface area contributed by atoms with Gasteiger partial charge in [0.05, 0.1) is 18.2 Å². The van der Waals surface area contributed by atoms with E-state index in [1.54, 1.807) is 6.07 Å². The van der Waals surface area contributed by atoms with Gasteiger partial charge >= 0.3 is 0 Å². The molecule has 6 nitrogen and oxygen atoms in total. The third-order valence-corrected chi connectivity index (χ3v) is 5.98. The summed E-state index contributed by atoms with van der Waals surface area (Å²) < 4.78 is 1.89. The van der Waals surface area contributed by atoms with Crippen LogP contribution in [0.3, 0.4) is 0 Å². The Morgan fingerprint density at radius 1 is 1.25 bits per heavy atom. The summed E-state index contributed by atoms with van der Waals surface area (Å²) in [5, 5.41) is 5.79. The van der Waals surface area contributed by atoms with Crippen LogP contribution in [0, 0.1) is 0 Å². The molecule has 1 N–H and O–H groups in total. The third kappa shape index (κ3) is 2.76. The van der Waals surface area contributed by atoms with Crippen LogP contribution in [0.2, 0.25) is 0 Å². The minimum absolute atomic E-state index is 0.0822. The number of carbonyl (C=O) groups is 1. The normalized spacial score (nSPS) is 21.2. The number of benzene rings is 1. The van der Waals surface area contributed by atoms with Gasteiger partial charge in [0.1, 0.15) is 0 Å². The van der Waals surface area contributed by atoms with Gasteiger partial charge in [-0.15, -0.1) is 0 Å². The van der Waals surface area contributed by atoms with Crippen molar-refractivity contribution in [2.24, 2.45) is 7.05 Å². The molecular formula is C22H22N4O2. The number of H-pyrrole nitrogens is 1. The minimum atomic E-state index is -0.138. The highest BCUT2D eigenvalue weighted by Crippen LogP contribution is 2.38. The molecule has 142 valence electrons. The first-order chi connectivity index (χ1) is 13.6. The largest absolute Gasteiger partial charge is 0.333 e. The predicted octanol–water partition coefficient (Wildman–Crippen LogP) is 2.65. The van der Waals surface area contributed by atoms with Crippen molar-refractivity contribution in [1.82, 2.24) is 19.7 Å². The average molecular weight is 374 g/mol. The molecule has 3 aromatic rings. The molecule has 6 heteroatoms. The first kappa shape index (κ1) is 17.0. The molecule has 2 aliphatic heterocycles. The van der Waals surface area contributed by atoms with Crippen LogP contribution in [0.15, 0.2) is 53.5 Å². The predicted molar refractivity (Wildman–Crippen MR) is 108 cm³/mol. The van der Waals surface area contributed by atoms with E-state index in [2.05, 4.69) is 16.2 Å². The van der Waals surface area contributed by atoms with Gasteiger partial charge in [0.15, 0.2) is 0 Å². The van der Waals surface area contributed by atoms with Crippen molar-refractivity contribution in [3.8, 4) is 0 Å². The molecule has 1 saturated heterocycles. The van der Waals surface area contributed by atoms with Crippen LogP contribution in [0.5, 0.6) is 0 Å². The van der Waals surface area contributed by atoms with Crippen LogP contribution < -0.4 is 5.56 Å². The van der Waals surface area contributed by atoms with Crippen LogP contribution in [-0.4, -0.2) is 37.7 Å². The van der Waals surface area contributed by atoms with Crippen molar-refractivity contribution in [2.45, 2.75) is 37.8 Å². The molecular weight excluding hydrogens is 352 g/mol. The summed E-state index contributed by atoms with van der Waals surface area (Å²) in [6.45, 7) is 0. The van der Waals surface area contributed by atoms with Crippen molar-refractivity contribution in [1.29, 1.82) is 0 Å². The van der Waals surface area contributed by atoms with E-state index in [1.807, 2.05) is 53.2 Å². The summed E-state index contributed by atoms with van der Waals surface area (Å²) in [5.74, 6) is 0.0822. The monoisotopic (exact) mass is 374 g/mol. The topological polar surface area (TPSA) is 71.0 Å². The molecule has 28 heavy (non-hydrogen) atoms. The smallest absolute Gasteiger partial charge is 0.256 e. The lowest BCUT2D eigenvalue weighted by atomic mass is 9.98. The van der Waals surface area contributed by atoms with E-state index in [0.29, 0.717) is 11.1 Å². The number of nitrogens with zero attached hydrogens (tertiary/aromatic N) is 3. The Hall–Kier alpha value is -3.15. The molecule has 0 radical (unpaired) electrons. The highest BCUT2D eigenvalue weighted by Gasteiger charge is 2.39. The van der Waals surface area contributed by atoms with E-state index in [4.69, 9.17) is 0 Å². The fourth-order valence-corrected chi connectivity index (χ4v) is 4.71. The summed E-state index contributed by atoms with van der Waals surface area (Å²) in [4.78, 5) is 30.3. The number of carbonyl (C=O) groups excluding carboxylic acids is 1. The molecule has 5 rings (SSSR count). The molecule has 0 spiro atoms. The van der Waals surface area contributed by atoms with E-state index < -0.39 is 0 Å². The van der Waals surface area contributed by atoms with Gasteiger partial charge in [0, 0.05) is 30.4 Å². The number of aromatic amines is 1. The van der Waals surface area contributed by atoms with E-state index in [-0.39, 0.29) is 30.0 Å². The van der Waals surface area contributed by atoms with E-state index in [1.165, 1.54) is 5.57 Å². The molecule has 2 aliphatic rings. The van der Waals surface area contributed by atoms with Crippen LogP contribution in [0.25, 0.3) is 16.3 Å². The van der Waals surface area contributed by atoms with Crippen molar-refractivity contribution in [3.63, 3.8) is 0 Å². The van der Waals surface area contributed by atoms with Gasteiger partial charge < -0.3 is 9.88 Å². The zero-order valence-corrected chi connectivity index (χ0v) is 15.8. The van der Waals surface area contributed by atoms with Gasteiger partial charge in [-0.25, -0.2) is 0 Å². The van der Waals surface area contributed by atoms with Gasteiger partial charge in [-0.1, -0.05) is 24.3 Å². The summed E-state index contributed by atoms with van der Waals surface area (Å²) in [7, 11) is 1.95. The highest BCUT2D eigenvalue weighted by atomic mass is 16.2. The maximum atomic E-state index is 13.1. The lowest BCUT2D eigenvalue weighted by Gasteiger charge is -2.34. The van der Waals surface area contributed by atoms with E-state index in [0.717, 1.165) is 30.3 Å². The second-order valence-corrected chi connectivity index (χ2v) is 7.72. The van der Waals surface area contributed by atoms with E-state index >= 15 is 0 Å². The number of aryl methyl sites for hydroxylation is 1. The quantitative estimate of drug-likeness (QED) is 0.766. The SMILES string of the molecule is Cn1nccc1C1=CC2CCC(C1)N2C(=O)Cc1cc2ccccc2c(=O)[nH]1. The second-order valence-electron chi connectivity index (χ2n) is 7.72. The zero-order valence-electron chi connectivity index (χ0n) is 15.8. The molecule has 0 aliphatic carbocycles. The zero-order chi connectivity index (χ0) is 19.3. The molecule has 1 fully saturated rings. The number of pyridine rings is 1. The van der Waals surface area contributed by atoms with Crippen molar-refractivity contribution in [2.75, 3.05) is 0 Å². The number of hydrogen-bond donors (Lipinski definition) is 1. The number of rotatable bonds is 3. The van der Waals surface area contributed by atoms with E-state index in [9.17, 15) is 9.59 Å². The summed E-state index contributed by atoms with van der Waals surface area (Å²) >= 11 is 0. The second kappa shape index (κ2) is 6.48. The standard InChI is InChI=1S/C22H22N4O2/c1-25-20(8-9-23-25)15-11-17-6-7-18(12-15)26(17)21(27)13-16-10-14-4-2-3-5-19(14)22(28)24-16/h2-5,8-11,17-18H,6-7,12-13H2,1H3,(H,24,28). The minimum Gasteiger partial charge on any atom is -0.333 e. The first-order valence-corrected chi connectivity index (χ1v) is 9.71. The fourth-order valence-electron chi connectivity index (χ4n) is 4.71. The lowest BCUT2D eigenvalue weighted by molar-refractivity contribution is -0.132. The maximum absolute atomic E-state index is 13.1. The molecule has 2 aromatic heterocycles. The molecule has 1 aromatic carbocycles. The Bertz CT molecular complexity index is 1160. The molecule has 1 amide bonds. The Labute approximate surface area is 162 Å². The van der Waals surface area contributed by atoms with Gasteiger partial charge in [0.2, 0.25) is 5.91 Å². The van der Waals surface area contributed by atoms with Crippen LogP contribution in [0.1, 0.15) is 30.7 Å². The van der Waals surface area contributed by atoms with Crippen LogP contribution in [0.4, 0.5) is 0 Å². The Morgan fingerprint density at radius 3 is 2.89 bits per heavy atom. The van der Waals surface area contributed by atoms with Crippen molar-refractivity contribution in [3.05, 3.63) is 70.4 Å². The Morgan fingerprint density at radius 2 is 2.11 bits per heavy atom.